The number of pyridine rings is 1. The standard InChI is InChI=1S/C10H11F2NO3/c1-5-7(16-2)3-6(4-8(14)15)9(13-5)10(11)12/h3,10H,4H2,1-2H3,(H,14,15). The van der Waals surface area contributed by atoms with Crippen LogP contribution in [0.25, 0.3) is 0 Å². The maximum absolute atomic E-state index is 12.6. The van der Waals surface area contributed by atoms with Gasteiger partial charge in [-0.3, -0.25) is 4.79 Å². The van der Waals surface area contributed by atoms with Gasteiger partial charge in [-0.25, -0.2) is 13.8 Å². The van der Waals surface area contributed by atoms with E-state index in [9.17, 15) is 13.6 Å². The zero-order valence-corrected chi connectivity index (χ0v) is 8.83. The van der Waals surface area contributed by atoms with Gasteiger partial charge in [0.1, 0.15) is 11.4 Å². The summed E-state index contributed by atoms with van der Waals surface area (Å²) in [6.07, 6.45) is -3.29. The van der Waals surface area contributed by atoms with Crippen LogP contribution < -0.4 is 4.74 Å². The van der Waals surface area contributed by atoms with Crippen molar-refractivity contribution in [2.45, 2.75) is 19.8 Å². The van der Waals surface area contributed by atoms with Gasteiger partial charge >= 0.3 is 5.97 Å². The molecule has 0 atom stereocenters. The zero-order valence-electron chi connectivity index (χ0n) is 8.83. The van der Waals surface area contributed by atoms with Crippen molar-refractivity contribution in [3.63, 3.8) is 0 Å². The molecule has 0 saturated heterocycles. The Morgan fingerprint density at radius 3 is 2.69 bits per heavy atom. The fourth-order valence-corrected chi connectivity index (χ4v) is 1.34. The van der Waals surface area contributed by atoms with E-state index >= 15 is 0 Å². The van der Waals surface area contributed by atoms with Crippen LogP contribution in [0.15, 0.2) is 6.07 Å². The molecule has 88 valence electrons. The van der Waals surface area contributed by atoms with Gasteiger partial charge in [0, 0.05) is 0 Å². The van der Waals surface area contributed by atoms with Crippen LogP contribution in [-0.4, -0.2) is 23.2 Å². The zero-order chi connectivity index (χ0) is 12.3. The molecule has 0 aliphatic heterocycles. The first-order valence-corrected chi connectivity index (χ1v) is 4.50. The number of hydrogen-bond acceptors (Lipinski definition) is 3. The molecule has 0 saturated carbocycles. The highest BCUT2D eigenvalue weighted by molar-refractivity contribution is 5.70. The highest BCUT2D eigenvalue weighted by atomic mass is 19.3. The van der Waals surface area contributed by atoms with Crippen molar-refractivity contribution in [3.05, 3.63) is 23.0 Å². The quantitative estimate of drug-likeness (QED) is 0.860. The van der Waals surface area contributed by atoms with E-state index in [4.69, 9.17) is 9.84 Å². The molecule has 1 N–H and O–H groups in total. The monoisotopic (exact) mass is 231 g/mol. The van der Waals surface area contributed by atoms with E-state index in [2.05, 4.69) is 4.98 Å². The highest BCUT2D eigenvalue weighted by Crippen LogP contribution is 2.27. The third kappa shape index (κ3) is 2.65. The van der Waals surface area contributed by atoms with Gasteiger partial charge in [0.25, 0.3) is 6.43 Å². The molecule has 0 aliphatic rings. The maximum atomic E-state index is 12.6. The second kappa shape index (κ2) is 4.87. The molecule has 1 aromatic rings. The predicted molar refractivity (Wildman–Crippen MR) is 51.8 cm³/mol. The third-order valence-electron chi connectivity index (χ3n) is 2.05. The topological polar surface area (TPSA) is 59.4 Å². The van der Waals surface area contributed by atoms with Crippen molar-refractivity contribution in [2.75, 3.05) is 7.11 Å². The summed E-state index contributed by atoms with van der Waals surface area (Å²) < 4.78 is 30.1. The molecule has 0 aromatic carbocycles. The summed E-state index contributed by atoms with van der Waals surface area (Å²) in [6, 6.07) is 1.29. The molecule has 16 heavy (non-hydrogen) atoms. The molecule has 0 spiro atoms. The van der Waals surface area contributed by atoms with Crippen molar-refractivity contribution >= 4 is 5.97 Å². The van der Waals surface area contributed by atoms with Crippen LogP contribution in [0.2, 0.25) is 0 Å². The van der Waals surface area contributed by atoms with Crippen molar-refractivity contribution in [1.29, 1.82) is 0 Å². The number of aromatic nitrogens is 1. The van der Waals surface area contributed by atoms with Crippen LogP contribution in [0.3, 0.4) is 0 Å². The second-order valence-corrected chi connectivity index (χ2v) is 3.19. The molecule has 1 rings (SSSR count). The summed E-state index contributed by atoms with van der Waals surface area (Å²) in [5.41, 5.74) is -0.211. The summed E-state index contributed by atoms with van der Waals surface area (Å²) in [6.45, 7) is 1.52. The Balaban J connectivity index is 3.24. The largest absolute Gasteiger partial charge is 0.495 e. The van der Waals surface area contributed by atoms with Gasteiger partial charge in [-0.05, 0) is 18.6 Å². The molecule has 0 bridgehead atoms. The van der Waals surface area contributed by atoms with Gasteiger partial charge in [0.2, 0.25) is 0 Å². The number of rotatable bonds is 4. The number of aryl methyl sites for hydroxylation is 1. The van der Waals surface area contributed by atoms with E-state index in [0.717, 1.165) is 0 Å². The van der Waals surface area contributed by atoms with Crippen LogP contribution in [-0.2, 0) is 11.2 Å². The maximum Gasteiger partial charge on any atom is 0.307 e. The lowest BCUT2D eigenvalue weighted by Gasteiger charge is -2.10. The first kappa shape index (κ1) is 12.4. The van der Waals surface area contributed by atoms with Gasteiger partial charge in [0.15, 0.2) is 0 Å². The fourth-order valence-electron chi connectivity index (χ4n) is 1.34. The Hall–Kier alpha value is -1.72. The van der Waals surface area contributed by atoms with Gasteiger partial charge in [-0.2, -0.15) is 0 Å². The average molecular weight is 231 g/mol. The summed E-state index contributed by atoms with van der Waals surface area (Å²) in [4.78, 5) is 14.2. The Morgan fingerprint density at radius 2 is 2.25 bits per heavy atom. The van der Waals surface area contributed by atoms with Gasteiger partial charge in [-0.15, -0.1) is 0 Å². The number of aliphatic carboxylic acids is 1. The number of nitrogens with zero attached hydrogens (tertiary/aromatic N) is 1. The second-order valence-electron chi connectivity index (χ2n) is 3.19. The number of methoxy groups -OCH3 is 1. The molecular formula is C10H11F2NO3. The smallest absolute Gasteiger partial charge is 0.307 e. The number of carboxylic acid groups (broad SMARTS) is 1. The van der Waals surface area contributed by atoms with Gasteiger partial charge in [0.05, 0.1) is 19.2 Å². The van der Waals surface area contributed by atoms with E-state index in [1.807, 2.05) is 0 Å². The highest BCUT2D eigenvalue weighted by Gasteiger charge is 2.19. The number of carbonyl (C=O) groups is 1. The van der Waals surface area contributed by atoms with Crippen LogP contribution in [0, 0.1) is 6.92 Å². The lowest BCUT2D eigenvalue weighted by molar-refractivity contribution is -0.136. The van der Waals surface area contributed by atoms with Crippen molar-refractivity contribution < 1.29 is 23.4 Å². The summed E-state index contributed by atoms with van der Waals surface area (Å²) in [7, 11) is 1.37. The number of carboxylic acids is 1. The number of hydrogen-bond donors (Lipinski definition) is 1. The van der Waals surface area contributed by atoms with E-state index in [0.29, 0.717) is 11.4 Å². The number of ether oxygens (including phenoxy) is 1. The lowest BCUT2D eigenvalue weighted by atomic mass is 10.1. The molecule has 0 radical (unpaired) electrons. The van der Waals surface area contributed by atoms with Crippen LogP contribution in [0.4, 0.5) is 8.78 Å². The summed E-state index contributed by atoms with van der Waals surface area (Å²) >= 11 is 0. The molecule has 1 heterocycles. The van der Waals surface area contributed by atoms with E-state index < -0.39 is 24.5 Å². The molecule has 1 aromatic heterocycles. The molecule has 0 aliphatic carbocycles. The first-order valence-electron chi connectivity index (χ1n) is 4.50. The summed E-state index contributed by atoms with van der Waals surface area (Å²) in [5, 5.41) is 8.59. The SMILES string of the molecule is COc1cc(CC(=O)O)c(C(F)F)nc1C. The molecule has 0 fully saturated rings. The van der Waals surface area contributed by atoms with Crippen LogP contribution in [0.5, 0.6) is 5.75 Å². The first-order chi connectivity index (χ1) is 7.45. The minimum absolute atomic E-state index is 0.0232. The minimum Gasteiger partial charge on any atom is -0.495 e. The molecular weight excluding hydrogens is 220 g/mol. The van der Waals surface area contributed by atoms with E-state index in [1.165, 1.54) is 20.1 Å². The molecule has 0 unspecified atom stereocenters. The van der Waals surface area contributed by atoms with Crippen molar-refractivity contribution in [2.24, 2.45) is 0 Å². The Bertz CT molecular complexity index is 407. The number of alkyl halides is 2. The average Bonchev–Trinajstić information content (AvgIpc) is 2.19. The molecule has 6 heteroatoms. The normalized spacial score (nSPS) is 10.6. The fraction of sp³-hybridized carbons (Fsp3) is 0.400. The van der Waals surface area contributed by atoms with Crippen LogP contribution >= 0.6 is 0 Å². The summed E-state index contributed by atoms with van der Waals surface area (Å²) in [5.74, 6) is -0.879. The number of halogens is 2. The Labute approximate surface area is 90.9 Å². The molecule has 4 nitrogen and oxygen atoms in total. The minimum atomic E-state index is -2.79. The Morgan fingerprint density at radius 1 is 1.62 bits per heavy atom. The molecule has 0 amide bonds. The Kier molecular flexibility index (Phi) is 3.76. The third-order valence-corrected chi connectivity index (χ3v) is 2.05. The van der Waals surface area contributed by atoms with Gasteiger partial charge in [-0.1, -0.05) is 0 Å². The van der Waals surface area contributed by atoms with Gasteiger partial charge < -0.3 is 9.84 Å². The van der Waals surface area contributed by atoms with E-state index in [-0.39, 0.29) is 5.56 Å². The lowest BCUT2D eigenvalue weighted by Crippen LogP contribution is -2.08. The predicted octanol–water partition coefficient (Wildman–Crippen LogP) is 1.96. The van der Waals surface area contributed by atoms with E-state index in [1.54, 1.807) is 0 Å². The van der Waals surface area contributed by atoms with Crippen molar-refractivity contribution in [1.82, 2.24) is 4.98 Å². The van der Waals surface area contributed by atoms with Crippen LogP contribution in [0.1, 0.15) is 23.4 Å². The van der Waals surface area contributed by atoms with Crippen molar-refractivity contribution in [3.8, 4) is 5.75 Å².